The molecule has 3 aromatic rings. The zero-order chi connectivity index (χ0) is 31.5. The van der Waals surface area contributed by atoms with Gasteiger partial charge in [-0.15, -0.1) is 0 Å². The topological polar surface area (TPSA) is 138 Å². The fraction of sp³-hybridized carbons (Fsp3) is 0.280. The van der Waals surface area contributed by atoms with E-state index in [-0.39, 0.29) is 5.92 Å². The number of benzene rings is 1. The molecule has 1 aromatic carbocycles. The second-order valence-corrected chi connectivity index (χ2v) is 11.1. The summed E-state index contributed by atoms with van der Waals surface area (Å²) in [5.74, 6) is -6.09. The molecule has 0 bridgehead atoms. The predicted molar refractivity (Wildman–Crippen MR) is 130 cm³/mol. The number of nitrogens with zero attached hydrogens (tertiary/aromatic N) is 3. The Labute approximate surface area is 233 Å². The molecule has 2 aliphatic heterocycles. The predicted octanol–water partition coefficient (Wildman–Crippen LogP) is 4.30. The van der Waals surface area contributed by atoms with Crippen LogP contribution >= 0.6 is 0 Å². The number of carboxylic acids is 2. The number of alkyl halides is 6. The monoisotopic (exact) mass is 623 g/mol. The van der Waals surface area contributed by atoms with Crippen molar-refractivity contribution in [3.63, 3.8) is 0 Å². The summed E-state index contributed by atoms with van der Waals surface area (Å²) in [6.45, 7) is 1.93. The van der Waals surface area contributed by atoms with Crippen molar-refractivity contribution < 1.29 is 59.0 Å². The van der Waals surface area contributed by atoms with E-state index in [0.717, 1.165) is 22.3 Å². The van der Waals surface area contributed by atoms with E-state index in [1.807, 2.05) is 18.2 Å². The fourth-order valence-corrected chi connectivity index (χ4v) is 6.52. The Morgan fingerprint density at radius 3 is 1.93 bits per heavy atom. The number of sulfone groups is 1. The van der Waals surface area contributed by atoms with Crippen molar-refractivity contribution in [1.82, 2.24) is 14.9 Å². The van der Waals surface area contributed by atoms with E-state index in [9.17, 15) is 39.2 Å². The Bertz CT molecular complexity index is 1510. The van der Waals surface area contributed by atoms with Crippen LogP contribution in [-0.4, -0.2) is 76.1 Å². The SMILES string of the molecule is O=C(O)C(F)(F)F.O=C(O)C(F)(F)F.O=S1(=O)c2ccc(-c3ccc(F)nc3)cc2C2CN(Cc3ccncc3)CC21. The molecule has 42 heavy (non-hydrogen) atoms. The zero-order valence-electron chi connectivity index (χ0n) is 21.0. The summed E-state index contributed by atoms with van der Waals surface area (Å²) in [7, 11) is -3.34. The molecule has 9 nitrogen and oxygen atoms in total. The van der Waals surface area contributed by atoms with E-state index in [4.69, 9.17) is 19.8 Å². The number of hydrogen-bond donors (Lipinski definition) is 2. The third kappa shape index (κ3) is 7.79. The number of pyridine rings is 2. The molecule has 0 aliphatic carbocycles. The number of halogens is 7. The molecule has 0 spiro atoms. The number of fused-ring (bicyclic) bond motifs is 3. The normalized spacial score (nSPS) is 18.9. The zero-order valence-corrected chi connectivity index (χ0v) is 21.8. The van der Waals surface area contributed by atoms with Gasteiger partial charge in [0, 0.05) is 49.7 Å². The molecule has 2 aromatic heterocycles. The molecule has 4 heterocycles. The van der Waals surface area contributed by atoms with Crippen LogP contribution in [-0.2, 0) is 26.0 Å². The largest absolute Gasteiger partial charge is 0.490 e. The van der Waals surface area contributed by atoms with Gasteiger partial charge in [0.05, 0.1) is 10.1 Å². The molecule has 1 fully saturated rings. The Morgan fingerprint density at radius 2 is 1.43 bits per heavy atom. The summed E-state index contributed by atoms with van der Waals surface area (Å²) < 4.78 is 103. The van der Waals surface area contributed by atoms with Crippen LogP contribution in [0.15, 0.2) is 66.0 Å². The first-order valence-corrected chi connectivity index (χ1v) is 13.2. The van der Waals surface area contributed by atoms with Gasteiger partial charge in [-0.25, -0.2) is 23.0 Å². The van der Waals surface area contributed by atoms with Crippen LogP contribution in [0.25, 0.3) is 11.1 Å². The minimum Gasteiger partial charge on any atom is -0.475 e. The van der Waals surface area contributed by atoms with Gasteiger partial charge < -0.3 is 10.2 Å². The van der Waals surface area contributed by atoms with Gasteiger partial charge in [0.15, 0.2) is 9.84 Å². The highest BCUT2D eigenvalue weighted by Gasteiger charge is 2.50. The number of aliphatic carboxylic acids is 2. The lowest BCUT2D eigenvalue weighted by atomic mass is 9.95. The maximum absolute atomic E-state index is 13.1. The third-order valence-corrected chi connectivity index (χ3v) is 8.42. The molecule has 2 atom stereocenters. The van der Waals surface area contributed by atoms with Crippen molar-refractivity contribution >= 4 is 21.8 Å². The van der Waals surface area contributed by atoms with E-state index in [1.54, 1.807) is 30.6 Å². The van der Waals surface area contributed by atoms with Gasteiger partial charge in [-0.05, 0) is 53.1 Å². The average molecular weight is 624 g/mol. The summed E-state index contributed by atoms with van der Waals surface area (Å²) in [5, 5.41) is 13.8. The van der Waals surface area contributed by atoms with Crippen LogP contribution in [0.1, 0.15) is 17.0 Å². The fourth-order valence-electron chi connectivity index (χ4n) is 4.33. The summed E-state index contributed by atoms with van der Waals surface area (Å²) in [5.41, 5.74) is 3.62. The van der Waals surface area contributed by atoms with Crippen molar-refractivity contribution in [2.45, 2.75) is 35.0 Å². The number of carboxylic acid groups (broad SMARTS) is 2. The lowest BCUT2D eigenvalue weighted by Gasteiger charge is -2.17. The van der Waals surface area contributed by atoms with Crippen molar-refractivity contribution in [2.24, 2.45) is 0 Å². The summed E-state index contributed by atoms with van der Waals surface area (Å²) in [4.78, 5) is 28.2. The number of carbonyl (C=O) groups is 2. The van der Waals surface area contributed by atoms with Crippen molar-refractivity contribution in [1.29, 1.82) is 0 Å². The molecule has 2 N–H and O–H groups in total. The van der Waals surface area contributed by atoms with Crippen molar-refractivity contribution in [3.05, 3.63) is 78.1 Å². The van der Waals surface area contributed by atoms with Crippen LogP contribution < -0.4 is 0 Å². The quantitative estimate of drug-likeness (QED) is 0.323. The average Bonchev–Trinajstić information content (AvgIpc) is 3.41. The molecular formula is C25H20F7N3O6S. The molecule has 1 saturated heterocycles. The van der Waals surface area contributed by atoms with E-state index in [2.05, 4.69) is 14.9 Å². The molecule has 226 valence electrons. The first-order valence-electron chi connectivity index (χ1n) is 11.6. The van der Waals surface area contributed by atoms with E-state index >= 15 is 0 Å². The number of likely N-dealkylation sites (tertiary alicyclic amines) is 1. The summed E-state index contributed by atoms with van der Waals surface area (Å²) in [6.07, 6.45) is -5.19. The van der Waals surface area contributed by atoms with Crippen molar-refractivity contribution in [2.75, 3.05) is 13.1 Å². The van der Waals surface area contributed by atoms with Crippen molar-refractivity contribution in [3.8, 4) is 11.1 Å². The molecule has 2 unspecified atom stereocenters. The minimum atomic E-state index is -5.08. The second kappa shape index (κ2) is 12.4. The molecule has 2 aliphatic rings. The number of rotatable bonds is 3. The highest BCUT2D eigenvalue weighted by Crippen LogP contribution is 2.46. The lowest BCUT2D eigenvalue weighted by molar-refractivity contribution is -0.193. The molecule has 0 amide bonds. The van der Waals surface area contributed by atoms with Crippen LogP contribution in [0.4, 0.5) is 30.7 Å². The van der Waals surface area contributed by atoms with E-state index < -0.39 is 45.3 Å². The van der Waals surface area contributed by atoms with Gasteiger partial charge in [-0.1, -0.05) is 6.07 Å². The lowest BCUT2D eigenvalue weighted by Crippen LogP contribution is -2.25. The molecule has 17 heteroatoms. The Hall–Kier alpha value is -4.12. The van der Waals surface area contributed by atoms with Crippen LogP contribution in [0.2, 0.25) is 0 Å². The highest BCUT2D eigenvalue weighted by molar-refractivity contribution is 7.92. The van der Waals surface area contributed by atoms with Gasteiger partial charge in [0.2, 0.25) is 5.95 Å². The molecular weight excluding hydrogens is 603 g/mol. The molecule has 0 radical (unpaired) electrons. The van der Waals surface area contributed by atoms with Crippen LogP contribution in [0, 0.1) is 5.95 Å². The van der Waals surface area contributed by atoms with Gasteiger partial charge in [0.25, 0.3) is 0 Å². The summed E-state index contributed by atoms with van der Waals surface area (Å²) in [6, 6.07) is 12.3. The van der Waals surface area contributed by atoms with Crippen LogP contribution in [0.3, 0.4) is 0 Å². The minimum absolute atomic E-state index is 0.0461. The van der Waals surface area contributed by atoms with Gasteiger partial charge >= 0.3 is 24.3 Å². The van der Waals surface area contributed by atoms with E-state index in [1.165, 1.54) is 12.3 Å². The molecule has 5 rings (SSSR count). The van der Waals surface area contributed by atoms with Crippen LogP contribution in [0.5, 0.6) is 0 Å². The van der Waals surface area contributed by atoms with E-state index in [0.29, 0.717) is 24.5 Å². The molecule has 0 saturated carbocycles. The second-order valence-electron chi connectivity index (χ2n) is 8.97. The smallest absolute Gasteiger partial charge is 0.475 e. The first-order chi connectivity index (χ1) is 19.4. The van der Waals surface area contributed by atoms with Gasteiger partial charge in [-0.2, -0.15) is 30.7 Å². The Kier molecular flexibility index (Phi) is 9.56. The maximum Gasteiger partial charge on any atom is 0.490 e. The standard InChI is InChI=1S/C21H18FN3O2S.2C2HF3O2/c22-21-4-2-16(10-24-21)15-1-3-19-17(9-15)18-12-25(13-20(18)28(19,26)27)11-14-5-7-23-8-6-14;2*3-2(4,5)1(6)7/h1-10,18,20H,11-13H2;2*(H,6,7). The number of aromatic nitrogens is 2. The number of hydrogen-bond acceptors (Lipinski definition) is 7. The first kappa shape index (κ1) is 32.4. The Balaban J connectivity index is 0.000000289. The van der Waals surface area contributed by atoms with Gasteiger partial charge in [0.1, 0.15) is 0 Å². The maximum atomic E-state index is 13.1. The third-order valence-electron chi connectivity index (χ3n) is 6.16. The van der Waals surface area contributed by atoms with Gasteiger partial charge in [-0.3, -0.25) is 9.88 Å². The highest BCUT2D eigenvalue weighted by atomic mass is 32.2. The summed E-state index contributed by atoms with van der Waals surface area (Å²) >= 11 is 0. The Morgan fingerprint density at radius 1 is 0.881 bits per heavy atom.